The molecule has 0 bridgehead atoms. The first kappa shape index (κ1) is 17.5. The number of rotatable bonds is 5. The Bertz CT molecular complexity index is 911. The van der Waals surface area contributed by atoms with Gasteiger partial charge in [-0.2, -0.15) is 0 Å². The zero-order valence-corrected chi connectivity index (χ0v) is 14.5. The predicted octanol–water partition coefficient (Wildman–Crippen LogP) is 2.32. The van der Waals surface area contributed by atoms with Gasteiger partial charge in [0.1, 0.15) is 0 Å². The molecule has 8 heteroatoms. The molecule has 0 radical (unpaired) electrons. The van der Waals surface area contributed by atoms with Crippen molar-refractivity contribution in [3.63, 3.8) is 0 Å². The largest absolute Gasteiger partial charge is 0.372 e. The second kappa shape index (κ2) is 6.91. The number of fused-ring (bicyclic) bond motifs is 1. The zero-order valence-electron chi connectivity index (χ0n) is 13.6. The Hall–Kier alpha value is -2.29. The SMILES string of the molecule is Cc1ccc([N+](=O)[O-])cc1S(=O)(=O)NCC1Cc2ccccc2CO1. The Morgan fingerprint density at radius 3 is 2.68 bits per heavy atom. The van der Waals surface area contributed by atoms with Gasteiger partial charge in [-0.05, 0) is 23.6 Å². The van der Waals surface area contributed by atoms with Crippen LogP contribution < -0.4 is 4.72 Å². The van der Waals surface area contributed by atoms with Gasteiger partial charge in [-0.1, -0.05) is 30.3 Å². The summed E-state index contributed by atoms with van der Waals surface area (Å²) in [6, 6.07) is 11.7. The molecule has 1 unspecified atom stereocenters. The van der Waals surface area contributed by atoms with Gasteiger partial charge in [0.2, 0.25) is 10.0 Å². The van der Waals surface area contributed by atoms with Gasteiger partial charge in [0.25, 0.3) is 5.69 Å². The predicted molar refractivity (Wildman–Crippen MR) is 91.7 cm³/mol. The molecule has 1 heterocycles. The van der Waals surface area contributed by atoms with Crippen molar-refractivity contribution in [1.29, 1.82) is 0 Å². The van der Waals surface area contributed by atoms with Crippen LogP contribution in [-0.2, 0) is 27.8 Å². The lowest BCUT2D eigenvalue weighted by atomic mass is 9.99. The third kappa shape index (κ3) is 3.87. The Balaban J connectivity index is 1.73. The third-order valence-electron chi connectivity index (χ3n) is 4.21. The lowest BCUT2D eigenvalue weighted by molar-refractivity contribution is -0.385. The number of sulfonamides is 1. The van der Waals surface area contributed by atoms with Crippen LogP contribution in [0.5, 0.6) is 0 Å². The van der Waals surface area contributed by atoms with Crippen molar-refractivity contribution in [3.8, 4) is 0 Å². The van der Waals surface area contributed by atoms with E-state index in [9.17, 15) is 18.5 Å². The fourth-order valence-electron chi connectivity index (χ4n) is 2.81. The molecule has 0 amide bonds. The maximum atomic E-state index is 12.5. The summed E-state index contributed by atoms with van der Waals surface area (Å²) in [5.74, 6) is 0. The molecule has 25 heavy (non-hydrogen) atoms. The summed E-state index contributed by atoms with van der Waals surface area (Å²) >= 11 is 0. The number of hydrogen-bond acceptors (Lipinski definition) is 5. The number of benzene rings is 2. The van der Waals surface area contributed by atoms with Crippen LogP contribution in [0, 0.1) is 17.0 Å². The molecule has 1 N–H and O–H groups in total. The number of nitrogens with zero attached hydrogens (tertiary/aromatic N) is 1. The zero-order chi connectivity index (χ0) is 18.0. The fraction of sp³-hybridized carbons (Fsp3) is 0.294. The fourth-order valence-corrected chi connectivity index (χ4v) is 4.14. The van der Waals surface area contributed by atoms with E-state index >= 15 is 0 Å². The number of non-ortho nitro benzene ring substituents is 1. The Morgan fingerprint density at radius 2 is 1.96 bits per heavy atom. The molecule has 0 spiro atoms. The highest BCUT2D eigenvalue weighted by Crippen LogP contribution is 2.23. The number of nitro benzene ring substituents is 1. The minimum atomic E-state index is -3.86. The van der Waals surface area contributed by atoms with E-state index in [0.29, 0.717) is 18.6 Å². The molecule has 1 aliphatic heterocycles. The Kier molecular flexibility index (Phi) is 4.85. The van der Waals surface area contributed by atoms with E-state index in [0.717, 1.165) is 17.2 Å². The summed E-state index contributed by atoms with van der Waals surface area (Å²) in [6.45, 7) is 2.16. The molecule has 0 saturated carbocycles. The first-order valence-corrected chi connectivity index (χ1v) is 9.28. The van der Waals surface area contributed by atoms with Crippen molar-refractivity contribution in [1.82, 2.24) is 4.72 Å². The molecule has 0 fully saturated rings. The number of aryl methyl sites for hydroxylation is 1. The standard InChI is InChI=1S/C17H18N2O5S/c1-12-6-7-15(19(20)21)9-17(12)25(22,23)18-10-16-8-13-4-2-3-5-14(13)11-24-16/h2-7,9,16,18H,8,10-11H2,1H3. The van der Waals surface area contributed by atoms with Crippen molar-refractivity contribution in [2.45, 2.75) is 31.0 Å². The smallest absolute Gasteiger partial charge is 0.270 e. The highest BCUT2D eigenvalue weighted by atomic mass is 32.2. The van der Waals surface area contributed by atoms with Crippen molar-refractivity contribution in [2.24, 2.45) is 0 Å². The van der Waals surface area contributed by atoms with Crippen molar-refractivity contribution < 1.29 is 18.1 Å². The Morgan fingerprint density at radius 1 is 1.24 bits per heavy atom. The topological polar surface area (TPSA) is 98.5 Å². The van der Waals surface area contributed by atoms with Crippen LogP contribution in [0.4, 0.5) is 5.69 Å². The van der Waals surface area contributed by atoms with E-state index in [4.69, 9.17) is 4.74 Å². The summed E-state index contributed by atoms with van der Waals surface area (Å²) in [7, 11) is -3.86. The van der Waals surface area contributed by atoms with Gasteiger partial charge in [0.15, 0.2) is 0 Å². The summed E-state index contributed by atoms with van der Waals surface area (Å²) < 4.78 is 33.3. The van der Waals surface area contributed by atoms with Crippen LogP contribution in [0.15, 0.2) is 47.4 Å². The minimum absolute atomic E-state index is 0.0853. The van der Waals surface area contributed by atoms with Crippen LogP contribution in [0.3, 0.4) is 0 Å². The van der Waals surface area contributed by atoms with E-state index < -0.39 is 14.9 Å². The van der Waals surface area contributed by atoms with Gasteiger partial charge in [0, 0.05) is 25.1 Å². The molecule has 0 aromatic heterocycles. The van der Waals surface area contributed by atoms with Crippen molar-refractivity contribution >= 4 is 15.7 Å². The second-order valence-corrected chi connectivity index (χ2v) is 7.70. The summed E-state index contributed by atoms with van der Waals surface area (Å²) in [4.78, 5) is 10.2. The summed E-state index contributed by atoms with van der Waals surface area (Å²) in [6.07, 6.45) is 0.343. The molecule has 7 nitrogen and oxygen atoms in total. The maximum Gasteiger partial charge on any atom is 0.270 e. The average Bonchev–Trinajstić information content (AvgIpc) is 2.60. The molecule has 2 aromatic rings. The van der Waals surface area contributed by atoms with Gasteiger partial charge in [-0.25, -0.2) is 13.1 Å². The van der Waals surface area contributed by atoms with Crippen LogP contribution in [-0.4, -0.2) is 26.0 Å². The molecule has 132 valence electrons. The second-order valence-electron chi connectivity index (χ2n) is 5.96. The molecular weight excluding hydrogens is 344 g/mol. The molecule has 1 aliphatic rings. The van der Waals surface area contributed by atoms with Gasteiger partial charge in [-0.3, -0.25) is 10.1 Å². The molecular formula is C17H18N2O5S. The van der Waals surface area contributed by atoms with Crippen LogP contribution in [0.25, 0.3) is 0 Å². The highest BCUT2D eigenvalue weighted by Gasteiger charge is 2.24. The van der Waals surface area contributed by atoms with Gasteiger partial charge < -0.3 is 4.74 Å². The van der Waals surface area contributed by atoms with E-state index in [2.05, 4.69) is 4.72 Å². The summed E-state index contributed by atoms with van der Waals surface area (Å²) in [5.41, 5.74) is 2.45. The van der Waals surface area contributed by atoms with Crippen molar-refractivity contribution in [2.75, 3.05) is 6.54 Å². The third-order valence-corrected chi connectivity index (χ3v) is 5.78. The monoisotopic (exact) mass is 362 g/mol. The number of nitro groups is 1. The van der Waals surface area contributed by atoms with E-state index in [1.165, 1.54) is 12.1 Å². The van der Waals surface area contributed by atoms with E-state index in [1.807, 2.05) is 24.3 Å². The molecule has 0 aliphatic carbocycles. The average molecular weight is 362 g/mol. The first-order chi connectivity index (χ1) is 11.9. The first-order valence-electron chi connectivity index (χ1n) is 7.80. The quantitative estimate of drug-likeness (QED) is 0.650. The van der Waals surface area contributed by atoms with E-state index in [1.54, 1.807) is 6.92 Å². The molecule has 3 rings (SSSR count). The Labute approximate surface area is 145 Å². The van der Waals surface area contributed by atoms with Gasteiger partial charge in [0.05, 0.1) is 22.5 Å². The van der Waals surface area contributed by atoms with Gasteiger partial charge in [-0.15, -0.1) is 0 Å². The minimum Gasteiger partial charge on any atom is -0.372 e. The normalized spacial score (nSPS) is 17.1. The molecule has 0 saturated heterocycles. The highest BCUT2D eigenvalue weighted by molar-refractivity contribution is 7.89. The lowest BCUT2D eigenvalue weighted by Gasteiger charge is -2.25. The van der Waals surface area contributed by atoms with Gasteiger partial charge >= 0.3 is 0 Å². The molecule has 2 aromatic carbocycles. The van der Waals surface area contributed by atoms with E-state index in [-0.39, 0.29) is 23.2 Å². The van der Waals surface area contributed by atoms with Crippen LogP contribution in [0.1, 0.15) is 16.7 Å². The van der Waals surface area contributed by atoms with Crippen LogP contribution in [0.2, 0.25) is 0 Å². The number of ether oxygens (including phenoxy) is 1. The molecule has 1 atom stereocenters. The lowest BCUT2D eigenvalue weighted by Crippen LogP contribution is -2.37. The number of nitrogens with one attached hydrogen (secondary N) is 1. The number of hydrogen-bond donors (Lipinski definition) is 1. The van der Waals surface area contributed by atoms with Crippen LogP contribution >= 0.6 is 0 Å². The summed E-state index contributed by atoms with van der Waals surface area (Å²) in [5, 5.41) is 10.9. The maximum absolute atomic E-state index is 12.5. The van der Waals surface area contributed by atoms with Crippen molar-refractivity contribution in [3.05, 3.63) is 69.3 Å².